The summed E-state index contributed by atoms with van der Waals surface area (Å²) < 4.78 is 11.4. The summed E-state index contributed by atoms with van der Waals surface area (Å²) in [6, 6.07) is 11.1. The van der Waals surface area contributed by atoms with Gasteiger partial charge in [0.25, 0.3) is 11.5 Å². The fraction of sp³-hybridized carbons (Fsp3) is 0.150. The number of nitrogens with zero attached hydrogens (tertiary/aromatic N) is 1. The lowest BCUT2D eigenvalue weighted by Crippen LogP contribution is -2.38. The largest absolute Gasteiger partial charge is 0.495 e. The summed E-state index contributed by atoms with van der Waals surface area (Å²) in [6.45, 7) is 2.34. The molecule has 0 saturated heterocycles. The van der Waals surface area contributed by atoms with Crippen LogP contribution in [0, 0.1) is 0 Å². The summed E-state index contributed by atoms with van der Waals surface area (Å²) in [4.78, 5) is 40.2. The molecular weight excluding hydrogens is 398 g/mol. The molecule has 0 aliphatic heterocycles. The Morgan fingerprint density at radius 3 is 2.55 bits per heavy atom. The summed E-state index contributed by atoms with van der Waals surface area (Å²) in [5.74, 6) is 0.258. The first-order valence-electron chi connectivity index (χ1n) is 8.67. The molecule has 3 aromatic rings. The predicted octanol–water partition coefficient (Wildman–Crippen LogP) is 2.84. The molecule has 1 amide bonds. The number of amides is 1. The third kappa shape index (κ3) is 4.33. The molecule has 0 atom stereocenters. The zero-order valence-corrected chi connectivity index (χ0v) is 16.4. The first kappa shape index (κ1) is 20.2. The van der Waals surface area contributed by atoms with Gasteiger partial charge in [0, 0.05) is 11.2 Å². The monoisotopic (exact) mass is 415 g/mol. The number of H-pyrrole nitrogens is 1. The van der Waals surface area contributed by atoms with Crippen molar-refractivity contribution >= 4 is 23.2 Å². The van der Waals surface area contributed by atoms with Gasteiger partial charge in [0.05, 0.1) is 25.1 Å². The molecule has 0 saturated carbocycles. The first-order chi connectivity index (χ1) is 13.9. The van der Waals surface area contributed by atoms with E-state index in [1.54, 1.807) is 36.4 Å². The van der Waals surface area contributed by atoms with Crippen LogP contribution in [0.15, 0.2) is 58.3 Å². The molecule has 3 rings (SSSR count). The van der Waals surface area contributed by atoms with E-state index in [1.807, 2.05) is 6.92 Å². The molecule has 1 heterocycles. The topological polar surface area (TPSA) is 102 Å². The van der Waals surface area contributed by atoms with Crippen LogP contribution in [0.5, 0.6) is 11.5 Å². The molecule has 150 valence electrons. The highest BCUT2D eigenvalue weighted by molar-refractivity contribution is 6.31. The van der Waals surface area contributed by atoms with Crippen LogP contribution in [0.25, 0.3) is 5.69 Å². The number of methoxy groups -OCH3 is 1. The number of aromatic amines is 1. The highest BCUT2D eigenvalue weighted by atomic mass is 35.5. The maximum atomic E-state index is 12.8. The van der Waals surface area contributed by atoms with Crippen molar-refractivity contribution in [1.82, 2.24) is 9.55 Å². The first-order valence-corrected chi connectivity index (χ1v) is 9.05. The molecular formula is C20H18ClN3O5. The fourth-order valence-corrected chi connectivity index (χ4v) is 2.87. The Balaban J connectivity index is 1.98. The van der Waals surface area contributed by atoms with Gasteiger partial charge in [0.2, 0.25) is 0 Å². The minimum Gasteiger partial charge on any atom is -0.495 e. The van der Waals surface area contributed by atoms with Crippen LogP contribution < -0.4 is 26.0 Å². The molecule has 0 radical (unpaired) electrons. The van der Waals surface area contributed by atoms with Gasteiger partial charge in [-0.3, -0.25) is 9.59 Å². The van der Waals surface area contributed by atoms with Gasteiger partial charge in [-0.15, -0.1) is 0 Å². The van der Waals surface area contributed by atoms with Crippen LogP contribution in [0.3, 0.4) is 0 Å². The van der Waals surface area contributed by atoms with E-state index in [1.165, 1.54) is 13.2 Å². The Morgan fingerprint density at radius 2 is 1.90 bits per heavy atom. The minimum atomic E-state index is -0.767. The van der Waals surface area contributed by atoms with Crippen LogP contribution in [-0.4, -0.2) is 29.2 Å². The third-order valence-corrected chi connectivity index (χ3v) is 4.27. The van der Waals surface area contributed by atoms with Gasteiger partial charge in [0.15, 0.2) is 0 Å². The van der Waals surface area contributed by atoms with Crippen molar-refractivity contribution in [3.63, 3.8) is 0 Å². The Labute approximate surface area is 170 Å². The quantitative estimate of drug-likeness (QED) is 0.644. The van der Waals surface area contributed by atoms with Crippen LogP contribution in [0.2, 0.25) is 5.02 Å². The van der Waals surface area contributed by atoms with E-state index in [4.69, 9.17) is 21.1 Å². The van der Waals surface area contributed by atoms with E-state index in [0.717, 1.165) is 10.8 Å². The second kappa shape index (κ2) is 8.66. The number of hydrogen-bond acceptors (Lipinski definition) is 5. The number of anilines is 1. The Kier molecular flexibility index (Phi) is 6.04. The van der Waals surface area contributed by atoms with Gasteiger partial charge in [-0.2, -0.15) is 0 Å². The number of nitrogens with one attached hydrogen (secondary N) is 2. The van der Waals surface area contributed by atoms with Crippen molar-refractivity contribution in [3.8, 4) is 17.2 Å². The summed E-state index contributed by atoms with van der Waals surface area (Å²) in [6.07, 6.45) is 1.07. The molecule has 29 heavy (non-hydrogen) atoms. The maximum Gasteiger partial charge on any atom is 0.333 e. The zero-order valence-electron chi connectivity index (χ0n) is 15.7. The van der Waals surface area contributed by atoms with Crippen molar-refractivity contribution in [2.45, 2.75) is 6.92 Å². The van der Waals surface area contributed by atoms with E-state index >= 15 is 0 Å². The van der Waals surface area contributed by atoms with Gasteiger partial charge in [-0.05, 0) is 49.4 Å². The van der Waals surface area contributed by atoms with Gasteiger partial charge in [-0.25, -0.2) is 9.36 Å². The molecule has 8 nitrogen and oxygen atoms in total. The van der Waals surface area contributed by atoms with Crippen LogP contribution in [0.4, 0.5) is 5.69 Å². The predicted molar refractivity (Wildman–Crippen MR) is 110 cm³/mol. The summed E-state index contributed by atoms with van der Waals surface area (Å²) in [5.41, 5.74) is -1.09. The van der Waals surface area contributed by atoms with Crippen molar-refractivity contribution in [1.29, 1.82) is 0 Å². The molecule has 1 aromatic heterocycles. The van der Waals surface area contributed by atoms with Crippen LogP contribution in [0.1, 0.15) is 17.3 Å². The molecule has 0 unspecified atom stereocenters. The molecule has 0 aliphatic rings. The molecule has 0 spiro atoms. The summed E-state index contributed by atoms with van der Waals surface area (Å²) in [5, 5.41) is 2.96. The summed E-state index contributed by atoms with van der Waals surface area (Å²) in [7, 11) is 1.44. The van der Waals surface area contributed by atoms with E-state index in [9.17, 15) is 14.4 Å². The lowest BCUT2D eigenvalue weighted by atomic mass is 10.2. The molecule has 0 aliphatic carbocycles. The number of benzene rings is 2. The van der Waals surface area contributed by atoms with Gasteiger partial charge in [0.1, 0.15) is 17.1 Å². The molecule has 0 bridgehead atoms. The number of halogens is 1. The third-order valence-electron chi connectivity index (χ3n) is 4.04. The smallest absolute Gasteiger partial charge is 0.333 e. The Morgan fingerprint density at radius 1 is 1.17 bits per heavy atom. The SMILES string of the molecule is CCOc1ccc(-n2c(=O)[nH]cc(C(=O)Nc3cc(Cl)ccc3OC)c2=O)cc1. The maximum absolute atomic E-state index is 12.8. The lowest BCUT2D eigenvalue weighted by molar-refractivity contribution is 0.102. The van der Waals surface area contributed by atoms with Crippen LogP contribution in [-0.2, 0) is 0 Å². The van der Waals surface area contributed by atoms with Crippen molar-refractivity contribution in [3.05, 3.63) is 80.1 Å². The average Bonchev–Trinajstić information content (AvgIpc) is 2.69. The van der Waals surface area contributed by atoms with Crippen molar-refractivity contribution in [2.75, 3.05) is 19.0 Å². The van der Waals surface area contributed by atoms with E-state index in [-0.39, 0.29) is 5.56 Å². The minimum absolute atomic E-state index is 0.250. The van der Waals surface area contributed by atoms with Gasteiger partial charge in [-0.1, -0.05) is 11.6 Å². The Hall–Kier alpha value is -3.52. The number of ether oxygens (including phenoxy) is 2. The highest BCUT2D eigenvalue weighted by Gasteiger charge is 2.17. The molecule has 2 aromatic carbocycles. The van der Waals surface area contributed by atoms with Crippen molar-refractivity contribution < 1.29 is 14.3 Å². The normalized spacial score (nSPS) is 10.4. The van der Waals surface area contributed by atoms with Gasteiger partial charge >= 0.3 is 5.69 Å². The number of rotatable bonds is 6. The molecule has 9 heteroatoms. The number of aromatic nitrogens is 2. The standard InChI is InChI=1S/C20H18ClN3O5/c1-3-29-14-7-5-13(6-8-14)24-19(26)15(11-22-20(24)27)18(25)23-16-10-12(21)4-9-17(16)28-2/h4-11H,3H2,1-2H3,(H,22,27)(H,23,25). The zero-order chi connectivity index (χ0) is 21.0. The second-order valence-electron chi connectivity index (χ2n) is 5.87. The highest BCUT2D eigenvalue weighted by Crippen LogP contribution is 2.27. The van der Waals surface area contributed by atoms with Crippen LogP contribution >= 0.6 is 11.6 Å². The molecule has 2 N–H and O–H groups in total. The average molecular weight is 416 g/mol. The Bertz CT molecular complexity index is 1150. The van der Waals surface area contributed by atoms with E-state index in [2.05, 4.69) is 10.3 Å². The van der Waals surface area contributed by atoms with Gasteiger partial charge < -0.3 is 19.8 Å². The number of carbonyl (C=O) groups is 1. The number of carbonyl (C=O) groups excluding carboxylic acids is 1. The fourth-order valence-electron chi connectivity index (χ4n) is 2.70. The lowest BCUT2D eigenvalue weighted by Gasteiger charge is -2.11. The number of hydrogen-bond donors (Lipinski definition) is 2. The van der Waals surface area contributed by atoms with E-state index < -0.39 is 17.2 Å². The molecule has 0 fully saturated rings. The van der Waals surface area contributed by atoms with Crippen molar-refractivity contribution in [2.24, 2.45) is 0 Å². The van der Waals surface area contributed by atoms with E-state index in [0.29, 0.717) is 34.5 Å². The second-order valence-corrected chi connectivity index (χ2v) is 6.31. The summed E-state index contributed by atoms with van der Waals surface area (Å²) >= 11 is 5.97.